The van der Waals surface area contributed by atoms with Gasteiger partial charge in [0, 0.05) is 31.8 Å². The number of amides is 2. The van der Waals surface area contributed by atoms with Crippen molar-refractivity contribution in [2.75, 3.05) is 34.4 Å². The highest BCUT2D eigenvalue weighted by atomic mass is 16.5. The maximum absolute atomic E-state index is 13.3. The van der Waals surface area contributed by atoms with Crippen LogP contribution in [-0.4, -0.2) is 67.0 Å². The zero-order chi connectivity index (χ0) is 23.1. The first-order valence-electron chi connectivity index (χ1n) is 10.2. The first-order chi connectivity index (χ1) is 15.4. The summed E-state index contributed by atoms with van der Waals surface area (Å²) in [6.45, 7) is 0.535. The minimum absolute atomic E-state index is 0.0881. The van der Waals surface area contributed by atoms with Crippen LogP contribution in [0.5, 0.6) is 11.5 Å². The van der Waals surface area contributed by atoms with Crippen LogP contribution in [0.15, 0.2) is 42.6 Å². The number of aromatic nitrogens is 1. The molecule has 170 valence electrons. The number of likely N-dealkylation sites (tertiary alicyclic amines) is 1. The zero-order valence-electron chi connectivity index (χ0n) is 18.4. The Morgan fingerprint density at radius 1 is 1.12 bits per heavy atom. The Morgan fingerprint density at radius 2 is 1.84 bits per heavy atom. The van der Waals surface area contributed by atoms with Gasteiger partial charge in [0.05, 0.1) is 39.5 Å². The van der Waals surface area contributed by atoms with Gasteiger partial charge >= 0.3 is 5.97 Å². The Balaban J connectivity index is 1.76. The molecule has 2 aromatic rings. The Labute approximate surface area is 186 Å². The van der Waals surface area contributed by atoms with Crippen LogP contribution in [0.3, 0.4) is 0 Å². The predicted octanol–water partition coefficient (Wildman–Crippen LogP) is 1.65. The van der Waals surface area contributed by atoms with Crippen molar-refractivity contribution in [1.29, 1.82) is 0 Å². The number of nitrogens with zero attached hydrogens (tertiary/aromatic N) is 3. The number of pyridine rings is 1. The molecular formula is C23H27N3O6. The highest BCUT2D eigenvalue weighted by Crippen LogP contribution is 2.26. The Kier molecular flexibility index (Phi) is 7.64. The zero-order valence-corrected chi connectivity index (χ0v) is 18.4. The van der Waals surface area contributed by atoms with Crippen molar-refractivity contribution >= 4 is 17.8 Å². The second-order valence-corrected chi connectivity index (χ2v) is 7.49. The predicted molar refractivity (Wildman–Crippen MR) is 115 cm³/mol. The molecule has 0 saturated carbocycles. The van der Waals surface area contributed by atoms with Crippen molar-refractivity contribution in [3.05, 3.63) is 53.9 Å². The number of hydrogen-bond donors (Lipinski definition) is 0. The van der Waals surface area contributed by atoms with Crippen LogP contribution in [0, 0.1) is 5.92 Å². The standard InChI is InChI=1S/C23H27N3O6/c1-30-19-8-16(9-20(11-19)31-2)12-26(15-22(28)32-3)23(29)17-10-21(27)25(13-17)14-18-6-4-5-7-24-18/h4-9,11,17H,10,12-15H2,1-3H3. The van der Waals surface area contributed by atoms with Gasteiger partial charge in [0.2, 0.25) is 11.8 Å². The molecule has 0 aliphatic carbocycles. The SMILES string of the molecule is COC(=O)CN(Cc1cc(OC)cc(OC)c1)C(=O)C1CC(=O)N(Cc2ccccn2)C1. The first kappa shape index (κ1) is 23.1. The molecule has 1 atom stereocenters. The minimum Gasteiger partial charge on any atom is -0.497 e. The maximum Gasteiger partial charge on any atom is 0.325 e. The molecule has 0 N–H and O–H groups in total. The molecule has 2 heterocycles. The quantitative estimate of drug-likeness (QED) is 0.546. The molecule has 1 unspecified atom stereocenters. The molecule has 9 nitrogen and oxygen atoms in total. The molecule has 2 amide bonds. The topological polar surface area (TPSA) is 98.3 Å². The van der Waals surface area contributed by atoms with Crippen molar-refractivity contribution in [2.24, 2.45) is 5.92 Å². The third-order valence-electron chi connectivity index (χ3n) is 5.29. The lowest BCUT2D eigenvalue weighted by atomic mass is 10.1. The normalized spacial score (nSPS) is 15.4. The average Bonchev–Trinajstić information content (AvgIpc) is 3.18. The fourth-order valence-electron chi connectivity index (χ4n) is 3.65. The van der Waals surface area contributed by atoms with E-state index in [4.69, 9.17) is 14.2 Å². The second-order valence-electron chi connectivity index (χ2n) is 7.49. The number of hydrogen-bond acceptors (Lipinski definition) is 7. The second kappa shape index (κ2) is 10.6. The van der Waals surface area contributed by atoms with Gasteiger partial charge in [0.15, 0.2) is 0 Å². The molecule has 1 aromatic heterocycles. The first-order valence-corrected chi connectivity index (χ1v) is 10.2. The summed E-state index contributed by atoms with van der Waals surface area (Å²) < 4.78 is 15.4. The fourth-order valence-corrected chi connectivity index (χ4v) is 3.65. The van der Waals surface area contributed by atoms with E-state index >= 15 is 0 Å². The molecule has 3 rings (SSSR count). The van der Waals surface area contributed by atoms with Gasteiger partial charge in [0.1, 0.15) is 18.0 Å². The maximum atomic E-state index is 13.3. The van der Waals surface area contributed by atoms with Crippen molar-refractivity contribution in [3.8, 4) is 11.5 Å². The van der Waals surface area contributed by atoms with E-state index in [1.807, 2.05) is 12.1 Å². The summed E-state index contributed by atoms with van der Waals surface area (Å²) >= 11 is 0. The summed E-state index contributed by atoms with van der Waals surface area (Å²) in [7, 11) is 4.35. The number of carbonyl (C=O) groups excluding carboxylic acids is 3. The smallest absolute Gasteiger partial charge is 0.325 e. The molecule has 0 radical (unpaired) electrons. The van der Waals surface area contributed by atoms with Gasteiger partial charge in [-0.2, -0.15) is 0 Å². The third-order valence-corrected chi connectivity index (χ3v) is 5.29. The lowest BCUT2D eigenvalue weighted by Crippen LogP contribution is -2.40. The van der Waals surface area contributed by atoms with Gasteiger partial charge in [-0.3, -0.25) is 19.4 Å². The van der Waals surface area contributed by atoms with E-state index in [2.05, 4.69) is 4.98 Å². The molecule has 1 aliphatic rings. The van der Waals surface area contributed by atoms with Crippen LogP contribution in [0.2, 0.25) is 0 Å². The number of rotatable bonds is 9. The van der Waals surface area contributed by atoms with Gasteiger partial charge in [-0.25, -0.2) is 0 Å². The van der Waals surface area contributed by atoms with E-state index in [0.29, 0.717) is 18.0 Å². The largest absolute Gasteiger partial charge is 0.497 e. The Morgan fingerprint density at radius 3 is 2.44 bits per heavy atom. The van der Waals surface area contributed by atoms with E-state index in [1.54, 1.807) is 35.4 Å². The lowest BCUT2D eigenvalue weighted by molar-refractivity contribution is -0.148. The number of methoxy groups -OCH3 is 3. The van der Waals surface area contributed by atoms with Crippen molar-refractivity contribution in [1.82, 2.24) is 14.8 Å². The van der Waals surface area contributed by atoms with Gasteiger partial charge in [-0.05, 0) is 29.8 Å². The van der Waals surface area contributed by atoms with Crippen LogP contribution in [0.4, 0.5) is 0 Å². The Hall–Kier alpha value is -3.62. The summed E-state index contributed by atoms with van der Waals surface area (Å²) in [6.07, 6.45) is 1.75. The molecule has 1 aliphatic heterocycles. The highest BCUT2D eigenvalue weighted by molar-refractivity contribution is 5.90. The summed E-state index contributed by atoms with van der Waals surface area (Å²) in [5.41, 5.74) is 1.48. The number of benzene rings is 1. The third kappa shape index (κ3) is 5.75. The Bertz CT molecular complexity index is 943. The van der Waals surface area contributed by atoms with Crippen molar-refractivity contribution < 1.29 is 28.6 Å². The van der Waals surface area contributed by atoms with Gasteiger partial charge in [-0.1, -0.05) is 6.07 Å². The van der Waals surface area contributed by atoms with E-state index in [-0.39, 0.29) is 37.9 Å². The number of carbonyl (C=O) groups is 3. The molecule has 9 heteroatoms. The summed E-state index contributed by atoms with van der Waals surface area (Å²) in [4.78, 5) is 45.1. The number of ether oxygens (including phenoxy) is 3. The molecule has 1 fully saturated rings. The average molecular weight is 441 g/mol. The minimum atomic E-state index is -0.552. The van der Waals surface area contributed by atoms with E-state index < -0.39 is 11.9 Å². The van der Waals surface area contributed by atoms with Gasteiger partial charge in [-0.15, -0.1) is 0 Å². The van der Waals surface area contributed by atoms with Crippen LogP contribution in [0.1, 0.15) is 17.7 Å². The number of esters is 1. The van der Waals surface area contributed by atoms with E-state index in [1.165, 1.54) is 26.2 Å². The molecular weight excluding hydrogens is 414 g/mol. The summed E-state index contributed by atoms with van der Waals surface area (Å²) in [5.74, 6) is -0.347. The van der Waals surface area contributed by atoms with Crippen LogP contribution >= 0.6 is 0 Å². The molecule has 1 aromatic carbocycles. The van der Waals surface area contributed by atoms with E-state index in [0.717, 1.165) is 11.3 Å². The molecule has 0 spiro atoms. The fraction of sp³-hybridized carbons (Fsp3) is 0.391. The molecule has 32 heavy (non-hydrogen) atoms. The van der Waals surface area contributed by atoms with Crippen LogP contribution < -0.4 is 9.47 Å². The van der Waals surface area contributed by atoms with Gasteiger partial charge < -0.3 is 24.0 Å². The molecule has 0 bridgehead atoms. The molecule has 1 saturated heterocycles. The summed E-state index contributed by atoms with van der Waals surface area (Å²) in [6, 6.07) is 10.8. The van der Waals surface area contributed by atoms with Gasteiger partial charge in [0.25, 0.3) is 0 Å². The van der Waals surface area contributed by atoms with Crippen molar-refractivity contribution in [2.45, 2.75) is 19.5 Å². The van der Waals surface area contributed by atoms with Crippen LogP contribution in [0.25, 0.3) is 0 Å². The van der Waals surface area contributed by atoms with Crippen molar-refractivity contribution in [3.63, 3.8) is 0 Å². The van der Waals surface area contributed by atoms with Crippen LogP contribution in [-0.2, 0) is 32.2 Å². The highest BCUT2D eigenvalue weighted by Gasteiger charge is 2.37. The monoisotopic (exact) mass is 441 g/mol. The van der Waals surface area contributed by atoms with E-state index in [9.17, 15) is 14.4 Å². The summed E-state index contributed by atoms with van der Waals surface area (Å²) in [5, 5.41) is 0. The lowest BCUT2D eigenvalue weighted by Gasteiger charge is -2.25.